The van der Waals surface area contributed by atoms with Crippen LogP contribution in [0.15, 0.2) is 6.07 Å². The largest absolute Gasteiger partial charge is 0.388 e. The van der Waals surface area contributed by atoms with Gasteiger partial charge in [0.25, 0.3) is 0 Å². The molecule has 2 heterocycles. The van der Waals surface area contributed by atoms with E-state index in [1.165, 1.54) is 11.3 Å². The van der Waals surface area contributed by atoms with Crippen molar-refractivity contribution in [2.75, 3.05) is 17.6 Å². The van der Waals surface area contributed by atoms with Gasteiger partial charge < -0.3 is 16.2 Å². The Balaban J connectivity index is 1.84. The molecule has 0 spiro atoms. The number of rotatable bonds is 4. The summed E-state index contributed by atoms with van der Waals surface area (Å²) in [6, 6.07) is 2.12. The van der Waals surface area contributed by atoms with Crippen LogP contribution >= 0.6 is 11.3 Å². The fourth-order valence-electron chi connectivity index (χ4n) is 2.93. The van der Waals surface area contributed by atoms with Crippen LogP contribution in [0.1, 0.15) is 43.9 Å². The van der Waals surface area contributed by atoms with Crippen LogP contribution in [0.4, 0.5) is 11.8 Å². The number of hydrogen-bond acceptors (Lipinski definition) is 6. The molecule has 1 aliphatic rings. The lowest BCUT2D eigenvalue weighted by Gasteiger charge is -2.32. The molecule has 1 saturated carbocycles. The van der Waals surface area contributed by atoms with E-state index in [0.717, 1.165) is 48.1 Å². The minimum absolute atomic E-state index is 0.283. The molecular formula is C15H22N4OS. The molecule has 5 nitrogen and oxygen atoms in total. The Labute approximate surface area is 128 Å². The Morgan fingerprint density at radius 3 is 2.81 bits per heavy atom. The van der Waals surface area contributed by atoms with E-state index < -0.39 is 5.60 Å². The average Bonchev–Trinajstić information content (AvgIpc) is 2.88. The molecule has 0 aromatic carbocycles. The number of aromatic nitrogens is 2. The second-order valence-electron chi connectivity index (χ2n) is 5.85. The minimum Gasteiger partial charge on any atom is -0.388 e. The van der Waals surface area contributed by atoms with E-state index in [1.54, 1.807) is 11.3 Å². The average molecular weight is 306 g/mol. The van der Waals surface area contributed by atoms with Crippen LogP contribution in [0.3, 0.4) is 0 Å². The van der Waals surface area contributed by atoms with Crippen molar-refractivity contribution in [3.05, 3.63) is 10.9 Å². The maximum atomic E-state index is 10.6. The van der Waals surface area contributed by atoms with Gasteiger partial charge in [0.15, 0.2) is 0 Å². The molecule has 2 aromatic heterocycles. The first kappa shape index (κ1) is 14.5. The molecule has 114 valence electrons. The highest BCUT2D eigenvalue weighted by atomic mass is 32.1. The second kappa shape index (κ2) is 5.77. The fourth-order valence-corrected chi connectivity index (χ4v) is 3.91. The Morgan fingerprint density at radius 2 is 2.10 bits per heavy atom. The van der Waals surface area contributed by atoms with Crippen molar-refractivity contribution in [3.63, 3.8) is 0 Å². The first-order chi connectivity index (χ1) is 10.1. The van der Waals surface area contributed by atoms with Crippen LogP contribution in [-0.2, 0) is 6.42 Å². The number of thiophene rings is 1. The standard InChI is InChI=1S/C15H22N4OS/c1-2-10-8-11-12(18-14(16)19-13(11)21-10)17-9-15(20)6-4-3-5-7-15/h8,20H,2-7,9H2,1H3,(H3,16,17,18,19). The molecule has 0 atom stereocenters. The molecule has 4 N–H and O–H groups in total. The van der Waals surface area contributed by atoms with Gasteiger partial charge >= 0.3 is 0 Å². The van der Waals surface area contributed by atoms with E-state index in [2.05, 4.69) is 28.3 Å². The van der Waals surface area contributed by atoms with E-state index in [4.69, 9.17) is 5.73 Å². The number of aryl methyl sites for hydroxylation is 1. The van der Waals surface area contributed by atoms with E-state index in [-0.39, 0.29) is 5.95 Å². The van der Waals surface area contributed by atoms with Gasteiger partial charge in [-0.15, -0.1) is 11.3 Å². The van der Waals surface area contributed by atoms with Crippen LogP contribution in [0.5, 0.6) is 0 Å². The molecule has 3 rings (SSSR count). The summed E-state index contributed by atoms with van der Waals surface area (Å²) in [5, 5.41) is 14.9. The summed E-state index contributed by atoms with van der Waals surface area (Å²) in [4.78, 5) is 10.8. The summed E-state index contributed by atoms with van der Waals surface area (Å²) in [5.41, 5.74) is 5.18. The molecule has 0 aliphatic heterocycles. The molecule has 21 heavy (non-hydrogen) atoms. The molecule has 1 fully saturated rings. The maximum absolute atomic E-state index is 10.6. The van der Waals surface area contributed by atoms with Crippen molar-refractivity contribution in [3.8, 4) is 0 Å². The number of nitrogens with one attached hydrogen (secondary N) is 1. The zero-order valence-corrected chi connectivity index (χ0v) is 13.2. The zero-order valence-electron chi connectivity index (χ0n) is 12.4. The number of anilines is 2. The molecule has 0 radical (unpaired) electrons. The van der Waals surface area contributed by atoms with Crippen molar-refractivity contribution in [1.82, 2.24) is 9.97 Å². The molecule has 1 aliphatic carbocycles. The van der Waals surface area contributed by atoms with Gasteiger partial charge in [-0.1, -0.05) is 26.2 Å². The van der Waals surface area contributed by atoms with E-state index in [9.17, 15) is 5.11 Å². The van der Waals surface area contributed by atoms with Crippen molar-refractivity contribution >= 4 is 33.3 Å². The smallest absolute Gasteiger partial charge is 0.223 e. The Hall–Kier alpha value is -1.40. The van der Waals surface area contributed by atoms with Crippen molar-refractivity contribution < 1.29 is 5.11 Å². The van der Waals surface area contributed by atoms with Crippen molar-refractivity contribution in [2.24, 2.45) is 0 Å². The number of nitrogens with zero attached hydrogens (tertiary/aromatic N) is 2. The second-order valence-corrected chi connectivity index (χ2v) is 6.97. The zero-order chi connectivity index (χ0) is 14.9. The van der Waals surface area contributed by atoms with Gasteiger partial charge in [0.2, 0.25) is 5.95 Å². The molecule has 6 heteroatoms. The van der Waals surface area contributed by atoms with Gasteiger partial charge in [0.1, 0.15) is 10.6 Å². The monoisotopic (exact) mass is 306 g/mol. The van der Waals surface area contributed by atoms with Crippen LogP contribution in [0, 0.1) is 0 Å². The van der Waals surface area contributed by atoms with Gasteiger partial charge in [0, 0.05) is 11.4 Å². The lowest BCUT2D eigenvalue weighted by molar-refractivity contribution is 0.0167. The summed E-state index contributed by atoms with van der Waals surface area (Å²) in [5.74, 6) is 1.03. The minimum atomic E-state index is -0.617. The molecule has 0 amide bonds. The quantitative estimate of drug-likeness (QED) is 0.809. The third-order valence-electron chi connectivity index (χ3n) is 4.18. The third-order valence-corrected chi connectivity index (χ3v) is 5.35. The normalized spacial score (nSPS) is 18.0. The molecule has 0 bridgehead atoms. The van der Waals surface area contributed by atoms with Crippen LogP contribution in [0.25, 0.3) is 10.2 Å². The number of aliphatic hydroxyl groups is 1. The topological polar surface area (TPSA) is 84.1 Å². The van der Waals surface area contributed by atoms with Crippen LogP contribution in [0.2, 0.25) is 0 Å². The van der Waals surface area contributed by atoms with Gasteiger partial charge in [-0.05, 0) is 25.3 Å². The Bertz CT molecular complexity index is 634. The number of nitrogens with two attached hydrogens (primary N) is 1. The lowest BCUT2D eigenvalue weighted by Crippen LogP contribution is -2.39. The molecule has 0 unspecified atom stereocenters. The highest BCUT2D eigenvalue weighted by Crippen LogP contribution is 2.32. The van der Waals surface area contributed by atoms with Crippen LogP contribution in [-0.4, -0.2) is 27.2 Å². The van der Waals surface area contributed by atoms with Crippen LogP contribution < -0.4 is 11.1 Å². The third kappa shape index (κ3) is 3.11. The molecule has 2 aromatic rings. The van der Waals surface area contributed by atoms with Gasteiger partial charge in [-0.25, -0.2) is 4.98 Å². The fraction of sp³-hybridized carbons (Fsp3) is 0.600. The SMILES string of the molecule is CCc1cc2c(NCC3(O)CCCCC3)nc(N)nc2s1. The summed E-state index contributed by atoms with van der Waals surface area (Å²) >= 11 is 1.65. The van der Waals surface area contributed by atoms with E-state index >= 15 is 0 Å². The summed E-state index contributed by atoms with van der Waals surface area (Å²) in [7, 11) is 0. The van der Waals surface area contributed by atoms with Gasteiger partial charge in [-0.3, -0.25) is 0 Å². The Morgan fingerprint density at radius 1 is 1.33 bits per heavy atom. The summed E-state index contributed by atoms with van der Waals surface area (Å²) in [6.45, 7) is 2.65. The predicted molar refractivity (Wildman–Crippen MR) is 87.7 cm³/mol. The highest BCUT2D eigenvalue weighted by molar-refractivity contribution is 7.18. The predicted octanol–water partition coefficient (Wildman–Crippen LogP) is 2.94. The Kier molecular flexibility index (Phi) is 3.99. The molecular weight excluding hydrogens is 284 g/mol. The van der Waals surface area contributed by atoms with Gasteiger partial charge in [-0.2, -0.15) is 4.98 Å². The first-order valence-corrected chi connectivity index (χ1v) is 8.43. The van der Waals surface area contributed by atoms with Crippen molar-refractivity contribution in [1.29, 1.82) is 0 Å². The number of hydrogen-bond donors (Lipinski definition) is 3. The summed E-state index contributed by atoms with van der Waals surface area (Å²) in [6.07, 6.45) is 6.10. The van der Waals surface area contributed by atoms with E-state index in [1.807, 2.05) is 0 Å². The number of fused-ring (bicyclic) bond motifs is 1. The highest BCUT2D eigenvalue weighted by Gasteiger charge is 2.29. The lowest BCUT2D eigenvalue weighted by atomic mass is 9.85. The van der Waals surface area contributed by atoms with Crippen molar-refractivity contribution in [2.45, 2.75) is 51.0 Å². The van der Waals surface area contributed by atoms with Gasteiger partial charge in [0.05, 0.1) is 11.0 Å². The maximum Gasteiger partial charge on any atom is 0.223 e. The molecule has 0 saturated heterocycles. The first-order valence-electron chi connectivity index (χ1n) is 7.62. The summed E-state index contributed by atoms with van der Waals surface area (Å²) < 4.78 is 0. The van der Waals surface area contributed by atoms with E-state index in [0.29, 0.717) is 6.54 Å². The number of nitrogen functional groups attached to an aromatic ring is 1.